The molecule has 0 fully saturated rings. The number of anilines is 2. The van der Waals surface area contributed by atoms with Crippen LogP contribution >= 0.6 is 0 Å². The number of rotatable bonds is 5. The van der Waals surface area contributed by atoms with Crippen molar-refractivity contribution in [3.63, 3.8) is 0 Å². The lowest BCUT2D eigenvalue weighted by atomic mass is 10.1. The van der Waals surface area contributed by atoms with Crippen LogP contribution in [0.15, 0.2) is 88.6 Å². The quantitative estimate of drug-likeness (QED) is 0.472. The summed E-state index contributed by atoms with van der Waals surface area (Å²) in [7, 11) is -0.876. The van der Waals surface area contributed by atoms with Crippen LogP contribution in [0.1, 0.15) is 10.4 Å². The van der Waals surface area contributed by atoms with Gasteiger partial charge in [-0.2, -0.15) is 0 Å². The Labute approximate surface area is 190 Å². The van der Waals surface area contributed by atoms with Crippen molar-refractivity contribution in [1.29, 1.82) is 0 Å². The first-order valence-electron chi connectivity index (χ1n) is 9.97. The molecule has 0 bridgehead atoms. The van der Waals surface area contributed by atoms with E-state index in [0.717, 1.165) is 0 Å². The summed E-state index contributed by atoms with van der Waals surface area (Å²) in [5.41, 5.74) is 0.00688. The average molecular weight is 464 g/mol. The number of hydrogen-bond acceptors (Lipinski definition) is 5. The minimum Gasteiger partial charge on any atom is -0.506 e. The number of para-hydroxylation sites is 1. The maximum absolute atomic E-state index is 13.1. The molecule has 2 N–H and O–H groups in total. The van der Waals surface area contributed by atoms with Crippen molar-refractivity contribution >= 4 is 38.2 Å². The van der Waals surface area contributed by atoms with E-state index >= 15 is 0 Å². The Bertz CT molecular complexity index is 1520. The van der Waals surface area contributed by atoms with Gasteiger partial charge in [0.2, 0.25) is 0 Å². The van der Waals surface area contributed by atoms with Gasteiger partial charge in [0.15, 0.2) is 0 Å². The van der Waals surface area contributed by atoms with Crippen LogP contribution in [-0.4, -0.2) is 31.0 Å². The molecule has 1 heterocycles. The van der Waals surface area contributed by atoms with Crippen molar-refractivity contribution in [2.45, 2.75) is 4.90 Å². The number of hydrogen-bond donors (Lipinski definition) is 2. The molecule has 9 heteroatoms. The van der Waals surface area contributed by atoms with E-state index in [4.69, 9.17) is 0 Å². The molecule has 3 aromatic carbocycles. The largest absolute Gasteiger partial charge is 0.506 e. The first-order chi connectivity index (χ1) is 15.7. The molecular weight excluding hydrogens is 442 g/mol. The van der Waals surface area contributed by atoms with E-state index in [9.17, 15) is 23.1 Å². The standard InChI is InChI=1S/C24H21N3O5S/c1-26(17-9-5-3-6-10-17)23(29)21-22(28)19-15-16(13-14-20(19)27(2)24(21)30)25-33(31,32)18-11-7-4-8-12-18/h3-15,25,28H,1-2H3. The zero-order chi connectivity index (χ0) is 23.8. The number of aromatic nitrogens is 1. The number of nitrogens with one attached hydrogen (secondary N) is 1. The molecule has 0 unspecified atom stereocenters. The molecular formula is C24H21N3O5S. The van der Waals surface area contributed by atoms with E-state index in [1.165, 1.54) is 53.9 Å². The Morgan fingerprint density at radius 3 is 2.21 bits per heavy atom. The maximum Gasteiger partial charge on any atom is 0.267 e. The Balaban J connectivity index is 1.81. The van der Waals surface area contributed by atoms with Gasteiger partial charge >= 0.3 is 0 Å². The molecule has 4 rings (SSSR count). The number of benzene rings is 3. The normalized spacial score (nSPS) is 11.3. The summed E-state index contributed by atoms with van der Waals surface area (Å²) in [5.74, 6) is -1.20. The Kier molecular flexibility index (Phi) is 5.65. The molecule has 0 radical (unpaired) electrons. The Hall–Kier alpha value is -4.11. The number of nitrogens with zero attached hydrogens (tertiary/aromatic N) is 2. The van der Waals surface area contributed by atoms with E-state index < -0.39 is 32.8 Å². The summed E-state index contributed by atoms with van der Waals surface area (Å²) in [6, 6.07) is 20.9. The lowest BCUT2D eigenvalue weighted by molar-refractivity contribution is 0.0988. The monoisotopic (exact) mass is 463 g/mol. The molecule has 0 spiro atoms. The fourth-order valence-corrected chi connectivity index (χ4v) is 4.61. The zero-order valence-electron chi connectivity index (χ0n) is 17.9. The number of fused-ring (bicyclic) bond motifs is 1. The predicted octanol–water partition coefficient (Wildman–Crippen LogP) is 3.32. The molecule has 0 saturated heterocycles. The third kappa shape index (κ3) is 4.06. The topological polar surface area (TPSA) is 109 Å². The molecule has 0 atom stereocenters. The molecule has 0 aliphatic carbocycles. The van der Waals surface area contributed by atoms with Crippen LogP contribution in [0.3, 0.4) is 0 Å². The van der Waals surface area contributed by atoms with Crippen molar-refractivity contribution in [1.82, 2.24) is 4.57 Å². The molecule has 4 aromatic rings. The van der Waals surface area contributed by atoms with Crippen LogP contribution in [0.4, 0.5) is 11.4 Å². The summed E-state index contributed by atoms with van der Waals surface area (Å²) >= 11 is 0. The third-order valence-corrected chi connectivity index (χ3v) is 6.73. The molecule has 0 aliphatic rings. The van der Waals surface area contributed by atoms with Crippen LogP contribution in [0.2, 0.25) is 0 Å². The number of sulfonamides is 1. The second-order valence-corrected chi connectivity index (χ2v) is 9.12. The molecule has 8 nitrogen and oxygen atoms in total. The van der Waals surface area contributed by atoms with Crippen molar-refractivity contribution in [2.24, 2.45) is 7.05 Å². The van der Waals surface area contributed by atoms with Gasteiger partial charge in [-0.05, 0) is 42.5 Å². The van der Waals surface area contributed by atoms with Gasteiger partial charge in [-0.3, -0.25) is 14.3 Å². The van der Waals surface area contributed by atoms with Crippen molar-refractivity contribution < 1.29 is 18.3 Å². The number of aryl methyl sites for hydroxylation is 1. The van der Waals surface area contributed by atoms with E-state index in [1.54, 1.807) is 48.5 Å². The lowest BCUT2D eigenvalue weighted by Gasteiger charge is -2.19. The number of pyridine rings is 1. The van der Waals surface area contributed by atoms with Crippen molar-refractivity contribution in [3.05, 3.63) is 94.8 Å². The second-order valence-electron chi connectivity index (χ2n) is 7.44. The van der Waals surface area contributed by atoms with Gasteiger partial charge < -0.3 is 14.6 Å². The molecule has 168 valence electrons. The first kappa shape index (κ1) is 22.1. The van der Waals surface area contributed by atoms with Gasteiger partial charge in [0, 0.05) is 30.9 Å². The van der Waals surface area contributed by atoms with E-state index in [-0.39, 0.29) is 16.0 Å². The van der Waals surface area contributed by atoms with Crippen LogP contribution in [0, 0.1) is 0 Å². The highest BCUT2D eigenvalue weighted by atomic mass is 32.2. The van der Waals surface area contributed by atoms with Gasteiger partial charge in [0.25, 0.3) is 21.5 Å². The number of aromatic hydroxyl groups is 1. The third-order valence-electron chi connectivity index (χ3n) is 5.34. The van der Waals surface area contributed by atoms with Crippen LogP contribution in [0.25, 0.3) is 10.9 Å². The number of amides is 1. The fraction of sp³-hybridized carbons (Fsp3) is 0.0833. The maximum atomic E-state index is 13.1. The van der Waals surface area contributed by atoms with Gasteiger partial charge in [0.05, 0.1) is 10.4 Å². The smallest absolute Gasteiger partial charge is 0.267 e. The highest BCUT2D eigenvalue weighted by Crippen LogP contribution is 2.30. The van der Waals surface area contributed by atoms with Gasteiger partial charge in [-0.25, -0.2) is 8.42 Å². The van der Waals surface area contributed by atoms with Crippen LogP contribution in [0.5, 0.6) is 5.75 Å². The summed E-state index contributed by atoms with van der Waals surface area (Å²) in [6.07, 6.45) is 0. The summed E-state index contributed by atoms with van der Waals surface area (Å²) in [4.78, 5) is 27.4. The first-order valence-corrected chi connectivity index (χ1v) is 11.5. The SMILES string of the molecule is CN(C(=O)c1c(O)c2cc(NS(=O)(=O)c3ccccc3)ccc2n(C)c1=O)c1ccccc1. The van der Waals surface area contributed by atoms with Gasteiger partial charge in [-0.1, -0.05) is 36.4 Å². The van der Waals surface area contributed by atoms with Crippen LogP contribution < -0.4 is 15.2 Å². The van der Waals surface area contributed by atoms with E-state index in [2.05, 4.69) is 4.72 Å². The Morgan fingerprint density at radius 2 is 1.58 bits per heavy atom. The molecule has 1 amide bonds. The van der Waals surface area contributed by atoms with Crippen LogP contribution in [-0.2, 0) is 17.1 Å². The van der Waals surface area contributed by atoms with Gasteiger partial charge in [0.1, 0.15) is 11.3 Å². The second kappa shape index (κ2) is 8.44. The van der Waals surface area contributed by atoms with E-state index in [1.807, 2.05) is 0 Å². The molecule has 0 saturated carbocycles. The fourth-order valence-electron chi connectivity index (χ4n) is 3.54. The summed E-state index contributed by atoms with van der Waals surface area (Å²) < 4.78 is 29.1. The Morgan fingerprint density at radius 1 is 0.970 bits per heavy atom. The minimum atomic E-state index is -3.86. The molecule has 1 aromatic heterocycles. The zero-order valence-corrected chi connectivity index (χ0v) is 18.7. The highest BCUT2D eigenvalue weighted by Gasteiger charge is 2.25. The predicted molar refractivity (Wildman–Crippen MR) is 127 cm³/mol. The summed E-state index contributed by atoms with van der Waals surface area (Å²) in [6.45, 7) is 0. The van der Waals surface area contributed by atoms with Gasteiger partial charge in [-0.15, -0.1) is 0 Å². The number of carbonyl (C=O) groups excluding carboxylic acids is 1. The summed E-state index contributed by atoms with van der Waals surface area (Å²) in [5, 5.41) is 11.1. The average Bonchev–Trinajstić information content (AvgIpc) is 2.83. The minimum absolute atomic E-state index is 0.0788. The molecule has 0 aliphatic heterocycles. The van der Waals surface area contributed by atoms with Crippen molar-refractivity contribution in [3.8, 4) is 5.75 Å². The van der Waals surface area contributed by atoms with Crippen molar-refractivity contribution in [2.75, 3.05) is 16.7 Å². The van der Waals surface area contributed by atoms with E-state index in [0.29, 0.717) is 11.2 Å². The highest BCUT2D eigenvalue weighted by molar-refractivity contribution is 7.92. The molecule has 33 heavy (non-hydrogen) atoms. The lowest BCUT2D eigenvalue weighted by Crippen LogP contribution is -2.34. The number of carbonyl (C=O) groups is 1.